The highest BCUT2D eigenvalue weighted by Gasteiger charge is 2.29. The summed E-state index contributed by atoms with van der Waals surface area (Å²) in [5.41, 5.74) is 1.32. The lowest BCUT2D eigenvalue weighted by Crippen LogP contribution is -2.55. The number of amides is 2. The van der Waals surface area contributed by atoms with Crippen molar-refractivity contribution in [3.05, 3.63) is 60.2 Å². The van der Waals surface area contributed by atoms with Gasteiger partial charge >= 0.3 is 7.12 Å². The molecule has 9 nitrogen and oxygen atoms in total. The van der Waals surface area contributed by atoms with Crippen LogP contribution in [0.3, 0.4) is 0 Å². The van der Waals surface area contributed by atoms with Crippen molar-refractivity contribution in [1.82, 2.24) is 20.6 Å². The van der Waals surface area contributed by atoms with Crippen LogP contribution >= 0.6 is 0 Å². The summed E-state index contributed by atoms with van der Waals surface area (Å²) in [5.74, 6) is -1.98. The van der Waals surface area contributed by atoms with Gasteiger partial charge in [-0.15, -0.1) is 0 Å². The van der Waals surface area contributed by atoms with E-state index in [1.165, 1.54) is 25.8 Å². The maximum absolute atomic E-state index is 12.6. The Morgan fingerprint density at radius 1 is 1.14 bits per heavy atom. The van der Waals surface area contributed by atoms with Gasteiger partial charge in [0.05, 0.1) is 18.1 Å². The maximum atomic E-state index is 12.6. The lowest BCUT2D eigenvalue weighted by molar-refractivity contribution is -0.124. The number of carbonyl (C=O) groups is 2. The van der Waals surface area contributed by atoms with Crippen LogP contribution in [0.5, 0.6) is 0 Å². The molecule has 2 rings (SSSR count). The van der Waals surface area contributed by atoms with Crippen LogP contribution in [0.15, 0.2) is 49.1 Å². The van der Waals surface area contributed by atoms with E-state index in [1.807, 2.05) is 30.3 Å². The standard InChI is InChI=1S/C19H25BN4O5/c1-29-12-16(23-18(25)15-10-21-13-22-11-15)19(26)24-17(20(27)28)9-5-8-14-6-3-2-4-7-14/h2-4,6-7,10-11,13,16-17,27-28H,5,8-9,12H2,1H3,(H,23,25)(H,24,26)/t16?,17-/m0/s1. The van der Waals surface area contributed by atoms with Crippen LogP contribution in [0.25, 0.3) is 0 Å². The lowest BCUT2D eigenvalue weighted by atomic mass is 9.76. The van der Waals surface area contributed by atoms with E-state index < -0.39 is 30.9 Å². The number of hydrogen-bond donors (Lipinski definition) is 4. The van der Waals surface area contributed by atoms with Gasteiger partial charge in [0.25, 0.3) is 5.91 Å². The zero-order valence-corrected chi connectivity index (χ0v) is 16.2. The fourth-order valence-corrected chi connectivity index (χ4v) is 2.76. The first-order valence-corrected chi connectivity index (χ1v) is 9.26. The monoisotopic (exact) mass is 400 g/mol. The van der Waals surface area contributed by atoms with Gasteiger partial charge in [-0.1, -0.05) is 30.3 Å². The maximum Gasteiger partial charge on any atom is 0.475 e. The molecule has 0 aliphatic rings. The number of aromatic nitrogens is 2. The number of aryl methyl sites for hydroxylation is 1. The van der Waals surface area contributed by atoms with Crippen LogP contribution in [0, 0.1) is 0 Å². The van der Waals surface area contributed by atoms with Gasteiger partial charge in [0, 0.05) is 19.5 Å². The van der Waals surface area contributed by atoms with Crippen molar-refractivity contribution in [3.8, 4) is 0 Å². The van der Waals surface area contributed by atoms with Crippen LogP contribution in [-0.4, -0.2) is 64.6 Å². The molecule has 0 spiro atoms. The number of ether oxygens (including phenoxy) is 1. The Bertz CT molecular complexity index is 764. The van der Waals surface area contributed by atoms with E-state index >= 15 is 0 Å². The van der Waals surface area contributed by atoms with Crippen molar-refractivity contribution in [2.24, 2.45) is 0 Å². The predicted molar refractivity (Wildman–Crippen MR) is 107 cm³/mol. The molecule has 0 aliphatic carbocycles. The molecule has 0 radical (unpaired) electrons. The van der Waals surface area contributed by atoms with Crippen LogP contribution in [-0.2, 0) is 16.0 Å². The molecule has 1 heterocycles. The molecular weight excluding hydrogens is 375 g/mol. The third-order valence-electron chi connectivity index (χ3n) is 4.29. The Hall–Kier alpha value is -2.82. The predicted octanol–water partition coefficient (Wildman–Crippen LogP) is -0.259. The zero-order valence-electron chi connectivity index (χ0n) is 16.2. The first-order chi connectivity index (χ1) is 14.0. The van der Waals surface area contributed by atoms with Crippen molar-refractivity contribution in [1.29, 1.82) is 0 Å². The molecule has 2 aromatic rings. The molecule has 0 fully saturated rings. The first kappa shape index (κ1) is 22.5. The van der Waals surface area contributed by atoms with Gasteiger partial charge in [-0.05, 0) is 24.8 Å². The van der Waals surface area contributed by atoms with E-state index in [4.69, 9.17) is 4.74 Å². The smallest absolute Gasteiger partial charge is 0.426 e. The highest BCUT2D eigenvalue weighted by atomic mass is 16.5. The molecule has 2 atom stereocenters. The second-order valence-corrected chi connectivity index (χ2v) is 6.52. The molecule has 10 heteroatoms. The van der Waals surface area contributed by atoms with Gasteiger partial charge in [0.1, 0.15) is 12.4 Å². The summed E-state index contributed by atoms with van der Waals surface area (Å²) < 4.78 is 5.01. The minimum atomic E-state index is -1.73. The molecule has 2 amide bonds. The Labute approximate surface area is 169 Å². The van der Waals surface area contributed by atoms with Crippen molar-refractivity contribution in [3.63, 3.8) is 0 Å². The summed E-state index contributed by atoms with van der Waals surface area (Å²) in [6.07, 6.45) is 5.70. The molecule has 0 aliphatic heterocycles. The molecule has 0 saturated carbocycles. The van der Waals surface area contributed by atoms with E-state index in [0.717, 1.165) is 12.0 Å². The van der Waals surface area contributed by atoms with Gasteiger partial charge < -0.3 is 25.4 Å². The number of hydrogen-bond acceptors (Lipinski definition) is 7. The Morgan fingerprint density at radius 2 is 1.83 bits per heavy atom. The molecular formula is C19H25BN4O5. The van der Waals surface area contributed by atoms with Gasteiger partial charge in [0.15, 0.2) is 0 Å². The normalized spacial score (nSPS) is 12.7. The average Bonchev–Trinajstić information content (AvgIpc) is 2.73. The van der Waals surface area contributed by atoms with Crippen molar-refractivity contribution in [2.45, 2.75) is 31.2 Å². The second-order valence-electron chi connectivity index (χ2n) is 6.52. The van der Waals surface area contributed by atoms with Gasteiger partial charge in [-0.25, -0.2) is 9.97 Å². The molecule has 4 N–H and O–H groups in total. The van der Waals surface area contributed by atoms with E-state index in [2.05, 4.69) is 20.6 Å². The van der Waals surface area contributed by atoms with Gasteiger partial charge in [-0.2, -0.15) is 0 Å². The quantitative estimate of drug-likeness (QED) is 0.382. The highest BCUT2D eigenvalue weighted by molar-refractivity contribution is 6.43. The number of rotatable bonds is 11. The van der Waals surface area contributed by atoms with Gasteiger partial charge in [-0.3, -0.25) is 9.59 Å². The molecule has 0 saturated heterocycles. The summed E-state index contributed by atoms with van der Waals surface area (Å²) in [4.78, 5) is 32.4. The van der Waals surface area contributed by atoms with Crippen LogP contribution in [0.4, 0.5) is 0 Å². The fourth-order valence-electron chi connectivity index (χ4n) is 2.76. The Morgan fingerprint density at radius 3 is 2.45 bits per heavy atom. The number of methoxy groups -OCH3 is 1. The minimum Gasteiger partial charge on any atom is -0.426 e. The van der Waals surface area contributed by atoms with Crippen molar-refractivity contribution < 1.29 is 24.4 Å². The number of carbonyl (C=O) groups excluding carboxylic acids is 2. The fraction of sp³-hybridized carbons (Fsp3) is 0.368. The number of benzene rings is 1. The Balaban J connectivity index is 1.92. The second kappa shape index (κ2) is 11.9. The van der Waals surface area contributed by atoms with Crippen molar-refractivity contribution >= 4 is 18.9 Å². The molecule has 29 heavy (non-hydrogen) atoms. The van der Waals surface area contributed by atoms with E-state index in [1.54, 1.807) is 0 Å². The third-order valence-corrected chi connectivity index (χ3v) is 4.29. The third kappa shape index (κ3) is 7.61. The van der Waals surface area contributed by atoms with Crippen LogP contribution < -0.4 is 10.6 Å². The van der Waals surface area contributed by atoms with Crippen LogP contribution in [0.2, 0.25) is 0 Å². The van der Waals surface area contributed by atoms with E-state index in [9.17, 15) is 19.6 Å². The molecule has 0 bridgehead atoms. The largest absolute Gasteiger partial charge is 0.475 e. The zero-order chi connectivity index (χ0) is 21.1. The average molecular weight is 400 g/mol. The first-order valence-electron chi connectivity index (χ1n) is 9.26. The van der Waals surface area contributed by atoms with E-state index in [0.29, 0.717) is 12.8 Å². The van der Waals surface area contributed by atoms with Gasteiger partial charge in [0.2, 0.25) is 5.91 Å². The number of nitrogens with one attached hydrogen (secondary N) is 2. The molecule has 154 valence electrons. The highest BCUT2D eigenvalue weighted by Crippen LogP contribution is 2.08. The Kier molecular flexibility index (Phi) is 9.22. The summed E-state index contributed by atoms with van der Waals surface area (Å²) in [6, 6.07) is 8.76. The van der Waals surface area contributed by atoms with Crippen LogP contribution in [0.1, 0.15) is 28.8 Å². The molecule has 1 aromatic heterocycles. The van der Waals surface area contributed by atoms with E-state index in [-0.39, 0.29) is 12.2 Å². The minimum absolute atomic E-state index is 0.0798. The molecule has 1 aromatic carbocycles. The summed E-state index contributed by atoms with van der Waals surface area (Å²) in [6.45, 7) is -0.0798. The SMILES string of the molecule is COCC(NC(=O)c1cncnc1)C(=O)N[C@@H](CCCc1ccccc1)B(O)O. The lowest BCUT2D eigenvalue weighted by Gasteiger charge is -2.22. The summed E-state index contributed by atoms with van der Waals surface area (Å²) in [5, 5.41) is 24.4. The molecule has 1 unspecified atom stereocenters. The van der Waals surface area contributed by atoms with Crippen molar-refractivity contribution in [2.75, 3.05) is 13.7 Å². The topological polar surface area (TPSA) is 134 Å². The summed E-state index contributed by atoms with van der Waals surface area (Å²) >= 11 is 0. The summed E-state index contributed by atoms with van der Waals surface area (Å²) in [7, 11) is -0.327. The number of nitrogens with zero attached hydrogens (tertiary/aromatic N) is 2.